The van der Waals surface area contributed by atoms with Crippen molar-refractivity contribution in [2.24, 2.45) is 5.41 Å². The third-order valence-corrected chi connectivity index (χ3v) is 2.64. The van der Waals surface area contributed by atoms with E-state index in [1.807, 2.05) is 0 Å². The van der Waals surface area contributed by atoms with E-state index in [9.17, 15) is 4.39 Å². The molecule has 2 fully saturated rings. The highest BCUT2D eigenvalue weighted by Crippen LogP contribution is 2.46. The maximum atomic E-state index is 12.4. The molecular weight excluding hydrogens is 117 g/mol. The number of hydrogen-bond donors (Lipinski definition) is 1. The van der Waals surface area contributed by atoms with Gasteiger partial charge in [0.2, 0.25) is 0 Å². The van der Waals surface area contributed by atoms with Gasteiger partial charge in [0.15, 0.2) is 0 Å². The van der Waals surface area contributed by atoms with E-state index in [-0.39, 0.29) is 0 Å². The smallest absolute Gasteiger partial charge is 0.101 e. The van der Waals surface area contributed by atoms with E-state index in [0.717, 1.165) is 25.9 Å². The summed E-state index contributed by atoms with van der Waals surface area (Å²) in [5, 5.41) is 3.27. The fourth-order valence-electron chi connectivity index (χ4n) is 2.02. The van der Waals surface area contributed by atoms with Crippen molar-refractivity contribution in [3.8, 4) is 0 Å². The van der Waals surface area contributed by atoms with Gasteiger partial charge in [0.1, 0.15) is 6.17 Å². The van der Waals surface area contributed by atoms with E-state index in [0.29, 0.717) is 5.41 Å². The zero-order valence-electron chi connectivity index (χ0n) is 5.49. The molecule has 1 aliphatic carbocycles. The van der Waals surface area contributed by atoms with Crippen LogP contribution in [0.4, 0.5) is 4.39 Å². The van der Waals surface area contributed by atoms with Gasteiger partial charge in [-0.2, -0.15) is 0 Å². The molecule has 1 nitrogen and oxygen atoms in total. The van der Waals surface area contributed by atoms with Gasteiger partial charge < -0.3 is 5.32 Å². The second-order valence-corrected chi connectivity index (χ2v) is 3.43. The van der Waals surface area contributed by atoms with Gasteiger partial charge >= 0.3 is 0 Å². The van der Waals surface area contributed by atoms with Crippen LogP contribution in [0.2, 0.25) is 0 Å². The molecule has 0 aromatic rings. The van der Waals surface area contributed by atoms with Crippen LogP contribution in [0, 0.1) is 5.41 Å². The van der Waals surface area contributed by atoms with Gasteiger partial charge in [-0.15, -0.1) is 0 Å². The van der Waals surface area contributed by atoms with Gasteiger partial charge in [0.05, 0.1) is 0 Å². The third kappa shape index (κ3) is 0.767. The Morgan fingerprint density at radius 2 is 2.22 bits per heavy atom. The molecule has 0 unspecified atom stereocenters. The first kappa shape index (κ1) is 5.66. The van der Waals surface area contributed by atoms with Gasteiger partial charge in [-0.05, 0) is 31.2 Å². The predicted octanol–water partition coefficient (Wildman–Crippen LogP) is 1.10. The highest BCUT2D eigenvalue weighted by Gasteiger charge is 2.45. The molecule has 9 heavy (non-hydrogen) atoms. The van der Waals surface area contributed by atoms with Crippen molar-refractivity contribution in [3.63, 3.8) is 0 Å². The van der Waals surface area contributed by atoms with E-state index < -0.39 is 6.17 Å². The molecule has 2 heteroatoms. The average molecular weight is 129 g/mol. The maximum Gasteiger partial charge on any atom is 0.101 e. The molecule has 1 heterocycles. The lowest BCUT2D eigenvalue weighted by Crippen LogP contribution is -2.40. The van der Waals surface area contributed by atoms with Crippen LogP contribution in [0.1, 0.15) is 19.3 Å². The molecule has 1 saturated carbocycles. The summed E-state index contributed by atoms with van der Waals surface area (Å²) < 4.78 is 12.4. The van der Waals surface area contributed by atoms with Gasteiger partial charge in [0, 0.05) is 6.54 Å². The standard InChI is InChI=1S/C7H12FN/c8-6-3-7(4-6)1-2-9-5-7/h6,9H,1-5H2. The van der Waals surface area contributed by atoms with Crippen LogP contribution >= 0.6 is 0 Å². The highest BCUT2D eigenvalue weighted by molar-refractivity contribution is 4.98. The SMILES string of the molecule is FC1CC2(CCNC2)C1. The average Bonchev–Trinajstić information content (AvgIpc) is 2.12. The lowest BCUT2D eigenvalue weighted by molar-refractivity contribution is 0.0435. The molecule has 0 aromatic heterocycles. The molecule has 1 saturated heterocycles. The minimum absolute atomic E-state index is 0.402. The van der Waals surface area contributed by atoms with Gasteiger partial charge in [-0.3, -0.25) is 0 Å². The first-order valence-corrected chi connectivity index (χ1v) is 3.66. The molecule has 52 valence electrons. The first-order chi connectivity index (χ1) is 4.31. The number of halogens is 1. The fraction of sp³-hybridized carbons (Fsp3) is 1.00. The van der Waals surface area contributed by atoms with Crippen molar-refractivity contribution in [2.75, 3.05) is 13.1 Å². The van der Waals surface area contributed by atoms with Crippen LogP contribution < -0.4 is 5.32 Å². The molecule has 0 bridgehead atoms. The zero-order valence-corrected chi connectivity index (χ0v) is 5.49. The Labute approximate surface area is 54.6 Å². The van der Waals surface area contributed by atoms with Crippen molar-refractivity contribution in [1.29, 1.82) is 0 Å². The van der Waals surface area contributed by atoms with Gasteiger partial charge in [-0.1, -0.05) is 0 Å². The molecule has 2 aliphatic rings. The summed E-state index contributed by atoms with van der Waals surface area (Å²) in [4.78, 5) is 0. The van der Waals surface area contributed by atoms with Gasteiger partial charge in [-0.25, -0.2) is 4.39 Å². The van der Waals surface area contributed by atoms with Crippen molar-refractivity contribution < 1.29 is 4.39 Å². The number of nitrogens with one attached hydrogen (secondary N) is 1. The lowest BCUT2D eigenvalue weighted by atomic mass is 9.67. The minimum Gasteiger partial charge on any atom is -0.316 e. The number of hydrogen-bond acceptors (Lipinski definition) is 1. The van der Waals surface area contributed by atoms with E-state index in [2.05, 4.69) is 5.32 Å². The van der Waals surface area contributed by atoms with Crippen molar-refractivity contribution in [1.82, 2.24) is 5.32 Å². The summed E-state index contributed by atoms with van der Waals surface area (Å²) in [6, 6.07) is 0. The third-order valence-electron chi connectivity index (χ3n) is 2.64. The highest BCUT2D eigenvalue weighted by atomic mass is 19.1. The summed E-state index contributed by atoms with van der Waals surface area (Å²) >= 11 is 0. The topological polar surface area (TPSA) is 12.0 Å². The molecule has 1 aliphatic heterocycles. The number of rotatable bonds is 0. The Hall–Kier alpha value is -0.110. The second kappa shape index (κ2) is 1.69. The predicted molar refractivity (Wildman–Crippen MR) is 34.0 cm³/mol. The van der Waals surface area contributed by atoms with Crippen LogP contribution in [0.3, 0.4) is 0 Å². The molecule has 0 radical (unpaired) electrons. The Morgan fingerprint density at radius 1 is 1.44 bits per heavy atom. The molecule has 2 rings (SSSR count). The van der Waals surface area contributed by atoms with Crippen molar-refractivity contribution in [2.45, 2.75) is 25.4 Å². The van der Waals surface area contributed by atoms with E-state index in [4.69, 9.17) is 0 Å². The molecule has 0 amide bonds. The van der Waals surface area contributed by atoms with E-state index in [1.54, 1.807) is 0 Å². The van der Waals surface area contributed by atoms with Crippen molar-refractivity contribution in [3.05, 3.63) is 0 Å². The van der Waals surface area contributed by atoms with Crippen LogP contribution in [0.25, 0.3) is 0 Å². The molecule has 1 N–H and O–H groups in total. The molecular formula is C7H12FN. The monoisotopic (exact) mass is 129 g/mol. The lowest BCUT2D eigenvalue weighted by Gasteiger charge is -2.40. The van der Waals surface area contributed by atoms with Crippen molar-refractivity contribution >= 4 is 0 Å². The maximum absolute atomic E-state index is 12.4. The largest absolute Gasteiger partial charge is 0.316 e. The quantitative estimate of drug-likeness (QED) is 0.516. The Balaban J connectivity index is 1.95. The molecule has 1 spiro atoms. The normalized spacial score (nSPS) is 49.7. The van der Waals surface area contributed by atoms with Crippen LogP contribution in [-0.4, -0.2) is 19.3 Å². The fourth-order valence-corrected chi connectivity index (χ4v) is 2.02. The Morgan fingerprint density at radius 3 is 2.67 bits per heavy atom. The first-order valence-electron chi connectivity index (χ1n) is 3.66. The van der Waals surface area contributed by atoms with Gasteiger partial charge in [0.25, 0.3) is 0 Å². The summed E-state index contributed by atoms with van der Waals surface area (Å²) in [5.74, 6) is 0. The molecule has 0 aromatic carbocycles. The Kier molecular flexibility index (Phi) is 1.06. The van der Waals surface area contributed by atoms with Crippen LogP contribution in [0.5, 0.6) is 0 Å². The van der Waals surface area contributed by atoms with E-state index in [1.165, 1.54) is 6.42 Å². The minimum atomic E-state index is -0.482. The second-order valence-electron chi connectivity index (χ2n) is 3.43. The summed E-state index contributed by atoms with van der Waals surface area (Å²) in [7, 11) is 0. The summed E-state index contributed by atoms with van der Waals surface area (Å²) in [6.07, 6.45) is 2.36. The van der Waals surface area contributed by atoms with E-state index >= 15 is 0 Å². The molecule has 0 atom stereocenters. The van der Waals surface area contributed by atoms with Crippen LogP contribution in [0.15, 0.2) is 0 Å². The zero-order chi connectivity index (χ0) is 6.32. The number of alkyl halides is 1. The summed E-state index contributed by atoms with van der Waals surface area (Å²) in [6.45, 7) is 2.17. The van der Waals surface area contributed by atoms with Crippen LogP contribution in [-0.2, 0) is 0 Å². The summed E-state index contributed by atoms with van der Waals surface area (Å²) in [5.41, 5.74) is 0.402. The Bertz CT molecular complexity index is 110.